The molecular formula is C22H25N2O2S+. The third kappa shape index (κ3) is 5.18. The van der Waals surface area contributed by atoms with Gasteiger partial charge in [0.25, 0.3) is 5.91 Å². The Morgan fingerprint density at radius 2 is 1.89 bits per heavy atom. The fraction of sp³-hybridized carbons (Fsp3) is 0.227. The zero-order valence-electron chi connectivity index (χ0n) is 15.6. The highest BCUT2D eigenvalue weighted by atomic mass is 32.1. The van der Waals surface area contributed by atoms with E-state index in [4.69, 9.17) is 4.74 Å². The number of rotatable bonds is 8. The van der Waals surface area contributed by atoms with E-state index in [9.17, 15) is 4.79 Å². The van der Waals surface area contributed by atoms with E-state index in [-0.39, 0.29) is 11.9 Å². The van der Waals surface area contributed by atoms with E-state index in [1.54, 1.807) is 11.3 Å². The van der Waals surface area contributed by atoms with Crippen molar-refractivity contribution in [3.63, 3.8) is 0 Å². The Labute approximate surface area is 164 Å². The van der Waals surface area contributed by atoms with Crippen LogP contribution in [0.25, 0.3) is 0 Å². The Balaban J connectivity index is 1.69. The number of anilines is 1. The van der Waals surface area contributed by atoms with E-state index in [2.05, 4.69) is 53.3 Å². The van der Waals surface area contributed by atoms with Crippen LogP contribution in [0.15, 0.2) is 66.0 Å². The second-order valence-electron chi connectivity index (χ2n) is 6.32. The first-order chi connectivity index (χ1) is 13.2. The van der Waals surface area contributed by atoms with Gasteiger partial charge in [-0.25, -0.2) is 0 Å². The van der Waals surface area contributed by atoms with E-state index >= 15 is 0 Å². The molecule has 3 aromatic rings. The van der Waals surface area contributed by atoms with Crippen molar-refractivity contribution in [2.75, 3.05) is 18.5 Å². The maximum absolute atomic E-state index is 12.5. The first-order valence-corrected chi connectivity index (χ1v) is 10.0. The van der Waals surface area contributed by atoms with Crippen molar-refractivity contribution in [1.29, 1.82) is 0 Å². The lowest BCUT2D eigenvalue weighted by Crippen LogP contribution is -2.87. The van der Waals surface area contributed by atoms with Gasteiger partial charge in [0.15, 0.2) is 6.54 Å². The summed E-state index contributed by atoms with van der Waals surface area (Å²) < 4.78 is 5.58. The Morgan fingerprint density at radius 1 is 1.11 bits per heavy atom. The molecule has 27 heavy (non-hydrogen) atoms. The van der Waals surface area contributed by atoms with Gasteiger partial charge in [-0.05, 0) is 37.4 Å². The summed E-state index contributed by atoms with van der Waals surface area (Å²) in [5, 5.41) is 7.12. The summed E-state index contributed by atoms with van der Waals surface area (Å²) in [5.41, 5.74) is 3.14. The Bertz CT molecular complexity index is 860. The van der Waals surface area contributed by atoms with Crippen LogP contribution in [0.1, 0.15) is 29.0 Å². The molecule has 0 bridgehead atoms. The van der Waals surface area contributed by atoms with Crippen LogP contribution < -0.4 is 15.4 Å². The quantitative estimate of drug-likeness (QED) is 0.624. The van der Waals surface area contributed by atoms with E-state index in [0.717, 1.165) is 0 Å². The highest BCUT2D eigenvalue weighted by molar-refractivity contribution is 7.10. The third-order valence-electron chi connectivity index (χ3n) is 4.29. The average molecular weight is 382 g/mol. The summed E-state index contributed by atoms with van der Waals surface area (Å²) in [7, 11) is 0. The molecule has 1 aromatic heterocycles. The largest absolute Gasteiger partial charge is 0.492 e. The summed E-state index contributed by atoms with van der Waals surface area (Å²) in [6, 6.07) is 20.3. The molecule has 0 saturated heterocycles. The van der Waals surface area contributed by atoms with Crippen molar-refractivity contribution >= 4 is 22.9 Å². The fourth-order valence-electron chi connectivity index (χ4n) is 2.94. The van der Waals surface area contributed by atoms with Crippen LogP contribution in [0.5, 0.6) is 5.75 Å². The van der Waals surface area contributed by atoms with Crippen LogP contribution in [-0.4, -0.2) is 19.1 Å². The molecule has 140 valence electrons. The second kappa shape index (κ2) is 9.35. The lowest BCUT2D eigenvalue weighted by Gasteiger charge is -2.16. The van der Waals surface area contributed by atoms with Crippen LogP contribution in [0.4, 0.5) is 5.69 Å². The molecule has 2 aromatic carbocycles. The van der Waals surface area contributed by atoms with Crippen molar-refractivity contribution < 1.29 is 14.8 Å². The standard InChI is InChI=1S/C22H24N2O2S/c1-3-26-19-8-5-4-7-18(19)24-21(25)15-23-22(20-9-6-14-27-20)17-12-10-16(2)11-13-17/h4-14,22-23H,3,15H2,1-2H3,(H,24,25)/p+1/t22-/m0/s1. The number of benzene rings is 2. The summed E-state index contributed by atoms with van der Waals surface area (Å²) in [6.07, 6.45) is 0. The predicted molar refractivity (Wildman–Crippen MR) is 110 cm³/mol. The van der Waals surface area contributed by atoms with Crippen LogP contribution in [0.3, 0.4) is 0 Å². The number of carbonyl (C=O) groups excluding carboxylic acids is 1. The van der Waals surface area contributed by atoms with Crippen molar-refractivity contribution in [2.45, 2.75) is 19.9 Å². The topological polar surface area (TPSA) is 54.9 Å². The molecule has 3 rings (SSSR count). The van der Waals surface area contributed by atoms with Gasteiger partial charge in [-0.2, -0.15) is 0 Å². The zero-order valence-corrected chi connectivity index (χ0v) is 16.5. The minimum absolute atomic E-state index is 0.0455. The fourth-order valence-corrected chi connectivity index (χ4v) is 3.79. The maximum Gasteiger partial charge on any atom is 0.279 e. The molecule has 0 spiro atoms. The lowest BCUT2D eigenvalue weighted by molar-refractivity contribution is -0.675. The summed E-state index contributed by atoms with van der Waals surface area (Å²) in [4.78, 5) is 13.8. The first-order valence-electron chi connectivity index (χ1n) is 9.12. The van der Waals surface area contributed by atoms with E-state index < -0.39 is 0 Å². The normalized spacial score (nSPS) is 11.8. The third-order valence-corrected chi connectivity index (χ3v) is 5.24. The van der Waals surface area contributed by atoms with Crippen LogP contribution in [0, 0.1) is 6.92 Å². The smallest absolute Gasteiger partial charge is 0.279 e. The molecule has 0 fully saturated rings. The molecule has 0 aliphatic rings. The summed E-state index contributed by atoms with van der Waals surface area (Å²) >= 11 is 1.71. The number of quaternary nitrogens is 1. The van der Waals surface area contributed by atoms with Gasteiger partial charge in [0.2, 0.25) is 0 Å². The molecule has 5 heteroatoms. The molecule has 1 heterocycles. The van der Waals surface area contributed by atoms with Crippen molar-refractivity contribution in [2.24, 2.45) is 0 Å². The van der Waals surface area contributed by atoms with Gasteiger partial charge >= 0.3 is 0 Å². The van der Waals surface area contributed by atoms with Gasteiger partial charge in [-0.1, -0.05) is 48.0 Å². The Kier molecular flexibility index (Phi) is 6.63. The van der Waals surface area contributed by atoms with Gasteiger partial charge in [0, 0.05) is 5.56 Å². The van der Waals surface area contributed by atoms with Gasteiger partial charge in [0.1, 0.15) is 11.8 Å². The first kappa shape index (κ1) is 19.1. The molecule has 1 atom stereocenters. The molecule has 3 N–H and O–H groups in total. The molecule has 0 saturated carbocycles. The van der Waals surface area contributed by atoms with Crippen LogP contribution >= 0.6 is 11.3 Å². The second-order valence-corrected chi connectivity index (χ2v) is 7.30. The minimum atomic E-state index is -0.0455. The number of para-hydroxylation sites is 2. The van der Waals surface area contributed by atoms with Gasteiger partial charge in [-0.15, -0.1) is 11.3 Å². The van der Waals surface area contributed by atoms with Gasteiger partial charge < -0.3 is 15.4 Å². The van der Waals surface area contributed by atoms with Crippen molar-refractivity contribution in [1.82, 2.24) is 0 Å². The molecule has 0 radical (unpaired) electrons. The zero-order chi connectivity index (χ0) is 19.1. The molecule has 0 unspecified atom stereocenters. The molecule has 0 aliphatic heterocycles. The van der Waals surface area contributed by atoms with E-state index in [1.165, 1.54) is 16.0 Å². The number of carbonyl (C=O) groups is 1. The number of amides is 1. The average Bonchev–Trinajstić information content (AvgIpc) is 3.19. The molecule has 1 amide bonds. The highest BCUT2D eigenvalue weighted by Crippen LogP contribution is 2.24. The number of hydrogen-bond donors (Lipinski definition) is 2. The summed E-state index contributed by atoms with van der Waals surface area (Å²) in [6.45, 7) is 4.90. The Morgan fingerprint density at radius 3 is 2.59 bits per heavy atom. The summed E-state index contributed by atoms with van der Waals surface area (Å²) in [5.74, 6) is 0.650. The molecule has 4 nitrogen and oxygen atoms in total. The number of thiophene rings is 1. The van der Waals surface area contributed by atoms with E-state index in [0.29, 0.717) is 24.6 Å². The number of ether oxygens (including phenoxy) is 1. The maximum atomic E-state index is 12.5. The van der Waals surface area contributed by atoms with Crippen molar-refractivity contribution in [3.05, 3.63) is 82.0 Å². The van der Waals surface area contributed by atoms with Gasteiger partial charge in [0.05, 0.1) is 17.2 Å². The van der Waals surface area contributed by atoms with E-state index in [1.807, 2.05) is 37.3 Å². The molecule has 0 aliphatic carbocycles. The van der Waals surface area contributed by atoms with Crippen LogP contribution in [0.2, 0.25) is 0 Å². The van der Waals surface area contributed by atoms with Crippen LogP contribution in [-0.2, 0) is 4.79 Å². The number of nitrogens with two attached hydrogens (primary N) is 1. The monoisotopic (exact) mass is 381 g/mol. The Hall–Kier alpha value is -2.63. The predicted octanol–water partition coefficient (Wildman–Crippen LogP) is 3.75. The number of hydrogen-bond acceptors (Lipinski definition) is 3. The number of aryl methyl sites for hydroxylation is 1. The highest BCUT2D eigenvalue weighted by Gasteiger charge is 2.20. The van der Waals surface area contributed by atoms with Gasteiger partial charge in [-0.3, -0.25) is 4.79 Å². The SMILES string of the molecule is CCOc1ccccc1NC(=O)C[NH2+][C@@H](c1ccc(C)cc1)c1cccs1. The number of nitrogens with one attached hydrogen (secondary N) is 1. The minimum Gasteiger partial charge on any atom is -0.492 e. The van der Waals surface area contributed by atoms with Crippen molar-refractivity contribution in [3.8, 4) is 5.75 Å². The molecular weight excluding hydrogens is 356 g/mol. The lowest BCUT2D eigenvalue weighted by atomic mass is 10.0.